The van der Waals surface area contributed by atoms with Gasteiger partial charge in [0.05, 0.1) is 24.5 Å². The van der Waals surface area contributed by atoms with Crippen LogP contribution in [0.2, 0.25) is 0 Å². The van der Waals surface area contributed by atoms with Crippen molar-refractivity contribution in [3.8, 4) is 0 Å². The Balaban J connectivity index is 2.56. The van der Waals surface area contributed by atoms with Gasteiger partial charge < -0.3 is 15.5 Å². The van der Waals surface area contributed by atoms with Crippen LogP contribution in [0, 0.1) is 5.92 Å². The van der Waals surface area contributed by atoms with Gasteiger partial charge in [-0.25, -0.2) is 12.7 Å². The Bertz CT molecular complexity index is 425. The van der Waals surface area contributed by atoms with Crippen LogP contribution < -0.4 is 5.32 Å². The molecule has 1 amide bonds. The summed E-state index contributed by atoms with van der Waals surface area (Å²) in [5.74, 6) is -0.461. The van der Waals surface area contributed by atoms with Crippen molar-refractivity contribution in [3.05, 3.63) is 0 Å². The molecule has 0 spiro atoms. The van der Waals surface area contributed by atoms with E-state index >= 15 is 0 Å². The van der Waals surface area contributed by atoms with E-state index in [9.17, 15) is 13.2 Å². The van der Waals surface area contributed by atoms with Gasteiger partial charge in [0.1, 0.15) is 0 Å². The number of amides is 1. The molecule has 0 aliphatic carbocycles. The van der Waals surface area contributed by atoms with Gasteiger partial charge in [0.2, 0.25) is 15.9 Å². The van der Waals surface area contributed by atoms with Gasteiger partial charge in [0.25, 0.3) is 0 Å². The van der Waals surface area contributed by atoms with Crippen LogP contribution in [0.25, 0.3) is 0 Å². The number of hydrogen-bond donors (Lipinski definition) is 3. The van der Waals surface area contributed by atoms with Crippen LogP contribution >= 0.6 is 0 Å². The Morgan fingerprint density at radius 2 is 1.80 bits per heavy atom. The van der Waals surface area contributed by atoms with Crippen molar-refractivity contribution in [3.63, 3.8) is 0 Å². The summed E-state index contributed by atoms with van der Waals surface area (Å²) in [5, 5.41) is 20.9. The number of nitrogens with zero attached hydrogens (tertiary/aromatic N) is 1. The number of aliphatic hydroxyl groups is 2. The highest BCUT2D eigenvalue weighted by atomic mass is 32.2. The predicted octanol–water partition coefficient (Wildman–Crippen LogP) is -1.09. The number of hydrogen-bond acceptors (Lipinski definition) is 5. The molecule has 7 nitrogen and oxygen atoms in total. The van der Waals surface area contributed by atoms with Crippen molar-refractivity contribution in [1.29, 1.82) is 0 Å². The van der Waals surface area contributed by atoms with Gasteiger partial charge >= 0.3 is 0 Å². The molecule has 0 bridgehead atoms. The first kappa shape index (κ1) is 17.4. The first-order valence-electron chi connectivity index (χ1n) is 6.79. The lowest BCUT2D eigenvalue weighted by molar-refractivity contribution is -0.129. The topological polar surface area (TPSA) is 107 Å². The minimum absolute atomic E-state index is 0.0664. The maximum absolute atomic E-state index is 12.1. The van der Waals surface area contributed by atoms with Gasteiger partial charge in [-0.05, 0) is 26.7 Å². The minimum Gasteiger partial charge on any atom is -0.394 e. The maximum atomic E-state index is 12.1. The lowest BCUT2D eigenvalue weighted by atomic mass is 9.95. The van der Waals surface area contributed by atoms with Crippen LogP contribution in [0.15, 0.2) is 0 Å². The third kappa shape index (κ3) is 4.15. The molecule has 1 heterocycles. The number of carbonyl (C=O) groups is 1. The van der Waals surface area contributed by atoms with Crippen LogP contribution in [-0.2, 0) is 14.8 Å². The zero-order valence-corrected chi connectivity index (χ0v) is 12.8. The SMILES string of the molecule is CCS(=O)(=O)N1CCC(C(=O)NC(C)(CO)CO)CC1. The highest BCUT2D eigenvalue weighted by Gasteiger charge is 2.33. The van der Waals surface area contributed by atoms with Gasteiger partial charge in [0, 0.05) is 19.0 Å². The molecule has 8 heteroatoms. The van der Waals surface area contributed by atoms with E-state index in [1.165, 1.54) is 4.31 Å². The van der Waals surface area contributed by atoms with E-state index in [-0.39, 0.29) is 30.8 Å². The van der Waals surface area contributed by atoms with E-state index in [1.54, 1.807) is 13.8 Å². The number of piperidine rings is 1. The Morgan fingerprint density at radius 1 is 1.30 bits per heavy atom. The van der Waals surface area contributed by atoms with Gasteiger partial charge in [0.15, 0.2) is 0 Å². The molecule has 0 aromatic heterocycles. The lowest BCUT2D eigenvalue weighted by Crippen LogP contribution is -2.54. The molecule has 118 valence electrons. The van der Waals surface area contributed by atoms with E-state index in [0.717, 1.165) is 0 Å². The van der Waals surface area contributed by atoms with E-state index in [4.69, 9.17) is 10.2 Å². The summed E-state index contributed by atoms with van der Waals surface area (Å²) in [5.41, 5.74) is -1.04. The molecule has 0 aromatic carbocycles. The van der Waals surface area contributed by atoms with Crippen LogP contribution in [0.5, 0.6) is 0 Å². The first-order chi connectivity index (χ1) is 9.28. The number of sulfonamides is 1. The maximum Gasteiger partial charge on any atom is 0.223 e. The molecule has 1 aliphatic heterocycles. The summed E-state index contributed by atoms with van der Waals surface area (Å²) in [6.07, 6.45) is 0.913. The standard InChI is InChI=1S/C12H24N2O5S/c1-3-20(18,19)14-6-4-10(5-7-14)11(17)13-12(2,8-15)9-16/h10,15-16H,3-9H2,1-2H3,(H,13,17). The highest BCUT2D eigenvalue weighted by molar-refractivity contribution is 7.89. The smallest absolute Gasteiger partial charge is 0.223 e. The zero-order valence-electron chi connectivity index (χ0n) is 12.0. The van der Waals surface area contributed by atoms with Gasteiger partial charge in [-0.1, -0.05) is 0 Å². The van der Waals surface area contributed by atoms with Crippen molar-refractivity contribution >= 4 is 15.9 Å². The lowest BCUT2D eigenvalue weighted by Gasteiger charge is -2.33. The van der Waals surface area contributed by atoms with E-state index in [0.29, 0.717) is 25.9 Å². The van der Waals surface area contributed by atoms with E-state index in [1.807, 2.05) is 0 Å². The third-order valence-electron chi connectivity index (χ3n) is 3.71. The molecule has 0 saturated carbocycles. The molecule has 20 heavy (non-hydrogen) atoms. The number of carbonyl (C=O) groups excluding carboxylic acids is 1. The molecule has 0 radical (unpaired) electrons. The zero-order chi connectivity index (χ0) is 15.4. The third-order valence-corrected chi connectivity index (χ3v) is 5.59. The number of rotatable bonds is 6. The Hall–Kier alpha value is -0.700. The molecule has 1 fully saturated rings. The summed E-state index contributed by atoms with van der Waals surface area (Å²) in [6.45, 7) is 3.13. The molecule has 1 saturated heterocycles. The van der Waals surface area contributed by atoms with Gasteiger partial charge in [-0.3, -0.25) is 4.79 Å². The largest absolute Gasteiger partial charge is 0.394 e. The molecule has 0 aromatic rings. The van der Waals surface area contributed by atoms with E-state index in [2.05, 4.69) is 5.32 Å². The summed E-state index contributed by atoms with van der Waals surface area (Å²) in [6, 6.07) is 0. The fourth-order valence-electron chi connectivity index (χ4n) is 2.11. The molecular weight excluding hydrogens is 284 g/mol. The summed E-state index contributed by atoms with van der Waals surface area (Å²) < 4.78 is 24.8. The predicted molar refractivity (Wildman–Crippen MR) is 74.5 cm³/mol. The fourth-order valence-corrected chi connectivity index (χ4v) is 3.24. The van der Waals surface area contributed by atoms with Crippen molar-refractivity contribution in [2.45, 2.75) is 32.2 Å². The van der Waals surface area contributed by atoms with Gasteiger partial charge in [-0.2, -0.15) is 0 Å². The second kappa shape index (κ2) is 6.84. The monoisotopic (exact) mass is 308 g/mol. The molecular formula is C12H24N2O5S. The normalized spacial score (nSPS) is 19.0. The average Bonchev–Trinajstić information content (AvgIpc) is 2.47. The summed E-state index contributed by atoms with van der Waals surface area (Å²) in [7, 11) is -3.19. The molecule has 1 rings (SSSR count). The molecule has 3 N–H and O–H groups in total. The quantitative estimate of drug-likeness (QED) is 0.578. The van der Waals surface area contributed by atoms with Crippen molar-refractivity contribution in [1.82, 2.24) is 9.62 Å². The first-order valence-corrected chi connectivity index (χ1v) is 8.40. The molecule has 0 unspecified atom stereocenters. The molecule has 1 aliphatic rings. The average molecular weight is 308 g/mol. The van der Waals surface area contributed by atoms with Crippen molar-refractivity contribution < 1.29 is 23.4 Å². The van der Waals surface area contributed by atoms with E-state index < -0.39 is 15.6 Å². The van der Waals surface area contributed by atoms with Crippen LogP contribution in [0.4, 0.5) is 0 Å². The molecule has 0 atom stereocenters. The number of aliphatic hydroxyl groups excluding tert-OH is 2. The van der Waals surface area contributed by atoms with Crippen LogP contribution in [-0.4, -0.2) is 66.4 Å². The second-order valence-corrected chi connectivity index (χ2v) is 7.70. The Morgan fingerprint density at radius 3 is 2.20 bits per heavy atom. The fraction of sp³-hybridized carbons (Fsp3) is 0.917. The van der Waals surface area contributed by atoms with Crippen molar-refractivity contribution in [2.75, 3.05) is 32.1 Å². The Labute approximate surface area is 120 Å². The number of nitrogens with one attached hydrogen (secondary N) is 1. The minimum atomic E-state index is -3.19. The van der Waals surface area contributed by atoms with Crippen LogP contribution in [0.3, 0.4) is 0 Å². The second-order valence-electron chi connectivity index (χ2n) is 5.44. The van der Waals surface area contributed by atoms with Gasteiger partial charge in [-0.15, -0.1) is 0 Å². The summed E-state index contributed by atoms with van der Waals surface area (Å²) >= 11 is 0. The summed E-state index contributed by atoms with van der Waals surface area (Å²) in [4.78, 5) is 12.1. The van der Waals surface area contributed by atoms with Crippen LogP contribution in [0.1, 0.15) is 26.7 Å². The van der Waals surface area contributed by atoms with Crippen molar-refractivity contribution in [2.24, 2.45) is 5.92 Å². The Kier molecular flexibility index (Phi) is 5.93. The highest BCUT2D eigenvalue weighted by Crippen LogP contribution is 2.20.